The molecule has 0 spiro atoms. The van der Waals surface area contributed by atoms with E-state index in [1.54, 1.807) is 0 Å². The van der Waals surface area contributed by atoms with Crippen molar-refractivity contribution in [2.24, 2.45) is 5.92 Å². The van der Waals surface area contributed by atoms with Gasteiger partial charge in [-0.2, -0.15) is 0 Å². The second-order valence-corrected chi connectivity index (χ2v) is 4.82. The van der Waals surface area contributed by atoms with Gasteiger partial charge < -0.3 is 0 Å². The number of nitrogens with zero attached hydrogens (tertiary/aromatic N) is 1. The van der Waals surface area contributed by atoms with Crippen LogP contribution in [-0.4, -0.2) is 33.7 Å². The Hall–Kier alpha value is -0.0300. The first-order valence-corrected chi connectivity index (χ1v) is 6.29. The van der Waals surface area contributed by atoms with Gasteiger partial charge in [0.05, 0.1) is 0 Å². The SMILES string of the molecule is CC(CBr)CN1C(=O)CCSC1=O. The van der Waals surface area contributed by atoms with E-state index < -0.39 is 0 Å². The second kappa shape index (κ2) is 5.00. The van der Waals surface area contributed by atoms with Crippen LogP contribution in [0.1, 0.15) is 13.3 Å². The van der Waals surface area contributed by atoms with Crippen LogP contribution in [0.5, 0.6) is 0 Å². The van der Waals surface area contributed by atoms with Crippen LogP contribution >= 0.6 is 27.7 Å². The molecular formula is C8H12BrNO2S. The number of alkyl halides is 1. The summed E-state index contributed by atoms with van der Waals surface area (Å²) in [4.78, 5) is 24.0. The minimum atomic E-state index is -0.0935. The Morgan fingerprint density at radius 1 is 1.62 bits per heavy atom. The van der Waals surface area contributed by atoms with Gasteiger partial charge in [-0.15, -0.1) is 0 Å². The predicted octanol–water partition coefficient (Wildman–Crippen LogP) is 2.10. The van der Waals surface area contributed by atoms with E-state index in [0.29, 0.717) is 24.6 Å². The molecule has 1 aliphatic heterocycles. The molecule has 0 aromatic heterocycles. The van der Waals surface area contributed by atoms with Gasteiger partial charge in [0.2, 0.25) is 5.91 Å². The predicted molar refractivity (Wildman–Crippen MR) is 57.1 cm³/mol. The highest BCUT2D eigenvalue weighted by Crippen LogP contribution is 2.19. The second-order valence-electron chi connectivity index (χ2n) is 3.13. The number of carbonyl (C=O) groups excluding carboxylic acids is 2. The summed E-state index contributed by atoms with van der Waals surface area (Å²) in [5.41, 5.74) is 0. The van der Waals surface area contributed by atoms with E-state index in [2.05, 4.69) is 15.9 Å². The van der Waals surface area contributed by atoms with Crippen LogP contribution in [0, 0.1) is 5.92 Å². The van der Waals surface area contributed by atoms with Crippen LogP contribution in [0.4, 0.5) is 4.79 Å². The molecule has 2 amide bonds. The maximum atomic E-state index is 11.3. The third kappa shape index (κ3) is 2.98. The molecule has 1 rings (SSSR count). The van der Waals surface area contributed by atoms with Crippen molar-refractivity contribution in [1.29, 1.82) is 0 Å². The first-order chi connectivity index (χ1) is 6.15. The lowest BCUT2D eigenvalue weighted by Gasteiger charge is -2.26. The van der Waals surface area contributed by atoms with E-state index in [-0.39, 0.29) is 11.1 Å². The van der Waals surface area contributed by atoms with Crippen LogP contribution in [0.15, 0.2) is 0 Å². The largest absolute Gasteiger partial charge is 0.288 e. The lowest BCUT2D eigenvalue weighted by molar-refractivity contribution is -0.128. The van der Waals surface area contributed by atoms with Crippen molar-refractivity contribution in [2.45, 2.75) is 13.3 Å². The Kier molecular flexibility index (Phi) is 4.25. The number of thioether (sulfide) groups is 1. The van der Waals surface area contributed by atoms with E-state index in [4.69, 9.17) is 0 Å². The lowest BCUT2D eigenvalue weighted by Crippen LogP contribution is -2.41. The molecule has 0 radical (unpaired) electrons. The van der Waals surface area contributed by atoms with Crippen molar-refractivity contribution in [3.05, 3.63) is 0 Å². The zero-order valence-corrected chi connectivity index (χ0v) is 9.86. The monoisotopic (exact) mass is 265 g/mol. The molecule has 1 unspecified atom stereocenters. The van der Waals surface area contributed by atoms with Gasteiger partial charge in [0, 0.05) is 24.0 Å². The molecule has 13 heavy (non-hydrogen) atoms. The van der Waals surface area contributed by atoms with Crippen LogP contribution in [0.25, 0.3) is 0 Å². The van der Waals surface area contributed by atoms with E-state index in [1.165, 1.54) is 16.7 Å². The summed E-state index contributed by atoms with van der Waals surface area (Å²) in [5, 5.41) is 0.721. The number of halogens is 1. The highest BCUT2D eigenvalue weighted by molar-refractivity contribution is 9.09. The molecular weight excluding hydrogens is 254 g/mol. The molecule has 3 nitrogen and oxygen atoms in total. The molecule has 1 aliphatic rings. The van der Waals surface area contributed by atoms with Gasteiger partial charge in [-0.3, -0.25) is 14.5 Å². The average molecular weight is 266 g/mol. The molecule has 0 bridgehead atoms. The van der Waals surface area contributed by atoms with Crippen molar-refractivity contribution >= 4 is 38.8 Å². The van der Waals surface area contributed by atoms with E-state index in [0.717, 1.165) is 5.33 Å². The van der Waals surface area contributed by atoms with Crippen LogP contribution in [0.3, 0.4) is 0 Å². The zero-order chi connectivity index (χ0) is 9.84. The van der Waals surface area contributed by atoms with Gasteiger partial charge in [-0.25, -0.2) is 0 Å². The van der Waals surface area contributed by atoms with Gasteiger partial charge in [0.1, 0.15) is 0 Å². The lowest BCUT2D eigenvalue weighted by atomic mass is 10.2. The fraction of sp³-hybridized carbons (Fsp3) is 0.750. The van der Waals surface area contributed by atoms with Crippen molar-refractivity contribution in [3.63, 3.8) is 0 Å². The number of hydrogen-bond donors (Lipinski definition) is 0. The molecule has 1 heterocycles. The van der Waals surface area contributed by atoms with Gasteiger partial charge in [0.25, 0.3) is 5.24 Å². The first-order valence-electron chi connectivity index (χ1n) is 4.18. The number of amides is 2. The quantitative estimate of drug-likeness (QED) is 0.734. The Bertz CT molecular complexity index is 206. The van der Waals surface area contributed by atoms with Crippen molar-refractivity contribution < 1.29 is 9.59 Å². The minimum Gasteiger partial charge on any atom is -0.274 e. The topological polar surface area (TPSA) is 37.4 Å². The molecule has 0 aromatic carbocycles. The van der Waals surface area contributed by atoms with Gasteiger partial charge in [0.15, 0.2) is 0 Å². The Morgan fingerprint density at radius 3 is 2.85 bits per heavy atom. The summed E-state index contributed by atoms with van der Waals surface area (Å²) in [5.74, 6) is 0.930. The fourth-order valence-electron chi connectivity index (χ4n) is 1.08. The third-order valence-corrected chi connectivity index (χ3v) is 3.80. The molecule has 0 aliphatic carbocycles. The Morgan fingerprint density at radius 2 is 2.31 bits per heavy atom. The normalized spacial score (nSPS) is 20.6. The molecule has 0 saturated carbocycles. The fourth-order valence-corrected chi connectivity index (χ4v) is 2.07. The first kappa shape index (κ1) is 11.0. The molecule has 1 saturated heterocycles. The van der Waals surface area contributed by atoms with E-state index in [1.807, 2.05) is 6.92 Å². The average Bonchev–Trinajstić information content (AvgIpc) is 2.11. The summed E-state index contributed by atoms with van der Waals surface area (Å²) in [6.45, 7) is 2.55. The van der Waals surface area contributed by atoms with Crippen molar-refractivity contribution in [1.82, 2.24) is 4.90 Å². The number of hydrogen-bond acceptors (Lipinski definition) is 3. The van der Waals surface area contributed by atoms with Crippen molar-refractivity contribution in [2.75, 3.05) is 17.6 Å². The van der Waals surface area contributed by atoms with E-state index >= 15 is 0 Å². The Balaban J connectivity index is 2.54. The Labute approximate surface area is 90.4 Å². The summed E-state index contributed by atoms with van der Waals surface area (Å²) in [6.07, 6.45) is 0.491. The summed E-state index contributed by atoms with van der Waals surface area (Å²) >= 11 is 4.56. The smallest absolute Gasteiger partial charge is 0.274 e. The van der Waals surface area contributed by atoms with Crippen molar-refractivity contribution in [3.8, 4) is 0 Å². The summed E-state index contributed by atoms with van der Waals surface area (Å²) < 4.78 is 0. The van der Waals surface area contributed by atoms with Crippen LogP contribution in [-0.2, 0) is 4.79 Å². The molecule has 1 fully saturated rings. The molecule has 5 heteroatoms. The molecule has 1 atom stereocenters. The standard InChI is InChI=1S/C8H12BrNO2S/c1-6(4-9)5-10-7(11)2-3-13-8(10)12/h6H,2-5H2,1H3. The number of rotatable bonds is 3. The minimum absolute atomic E-state index is 0.0310. The van der Waals surface area contributed by atoms with Gasteiger partial charge in [-0.05, 0) is 5.92 Å². The maximum absolute atomic E-state index is 11.3. The maximum Gasteiger partial charge on any atom is 0.288 e. The molecule has 0 N–H and O–H groups in total. The summed E-state index contributed by atoms with van der Waals surface area (Å²) in [6, 6.07) is 0. The van der Waals surface area contributed by atoms with Gasteiger partial charge >= 0.3 is 0 Å². The van der Waals surface area contributed by atoms with Gasteiger partial charge in [-0.1, -0.05) is 34.6 Å². The number of carbonyl (C=O) groups is 2. The van der Waals surface area contributed by atoms with E-state index in [9.17, 15) is 9.59 Å². The molecule has 74 valence electrons. The van der Waals surface area contributed by atoms with Crippen LogP contribution in [0.2, 0.25) is 0 Å². The highest BCUT2D eigenvalue weighted by Gasteiger charge is 2.27. The zero-order valence-electron chi connectivity index (χ0n) is 7.46. The van der Waals surface area contributed by atoms with Crippen LogP contribution < -0.4 is 0 Å². The summed E-state index contributed by atoms with van der Waals surface area (Å²) in [7, 11) is 0. The molecule has 0 aromatic rings. The highest BCUT2D eigenvalue weighted by atomic mass is 79.9. The third-order valence-electron chi connectivity index (χ3n) is 1.82. The number of imide groups is 1.